The molecule has 1 amide bonds. The average molecular weight is 436 g/mol. The number of sulfonamides is 1. The minimum atomic E-state index is -4.07. The Morgan fingerprint density at radius 1 is 1.21 bits per heavy atom. The van der Waals surface area contributed by atoms with Crippen molar-refractivity contribution in [3.8, 4) is 0 Å². The number of aryl methyl sites for hydroxylation is 1. The van der Waals surface area contributed by atoms with Gasteiger partial charge < -0.3 is 9.22 Å². The number of hydrogen-bond donors (Lipinski definition) is 0. The number of amides is 1. The summed E-state index contributed by atoms with van der Waals surface area (Å²) in [4.78, 5) is 25.5. The third kappa shape index (κ3) is 3.41. The summed E-state index contributed by atoms with van der Waals surface area (Å²) < 4.78 is 34.1. The lowest BCUT2D eigenvalue weighted by Crippen LogP contribution is -2.69. The van der Waals surface area contributed by atoms with Gasteiger partial charge in [0.2, 0.25) is 0 Å². The third-order valence-corrected chi connectivity index (χ3v) is 12.7. The van der Waals surface area contributed by atoms with Gasteiger partial charge in [-0.15, -0.1) is 0 Å². The summed E-state index contributed by atoms with van der Waals surface area (Å²) in [6.45, 7) is 12.0. The van der Waals surface area contributed by atoms with Crippen LogP contribution in [0.15, 0.2) is 41.3 Å². The predicted molar refractivity (Wildman–Crippen MR) is 113 cm³/mol. The molecule has 2 aliphatic heterocycles. The van der Waals surface area contributed by atoms with Gasteiger partial charge in [0.05, 0.1) is 16.9 Å². The van der Waals surface area contributed by atoms with Crippen molar-refractivity contribution < 1.29 is 22.4 Å². The van der Waals surface area contributed by atoms with E-state index >= 15 is 0 Å². The van der Waals surface area contributed by atoms with E-state index in [-0.39, 0.29) is 16.4 Å². The van der Waals surface area contributed by atoms with Crippen molar-refractivity contribution in [2.45, 2.75) is 68.8 Å². The molecule has 2 heterocycles. The van der Waals surface area contributed by atoms with Gasteiger partial charge in [0.1, 0.15) is 6.29 Å². The number of aldehydes is 1. The SMILES string of the molecule is Cc1ccc(S(=O)(=O)N2C(=O)[C@]3(O[Si](C)(C)C(C)(C)C)C=C[C@H]2C[C@H]3C=O)cc1. The van der Waals surface area contributed by atoms with E-state index in [0.29, 0.717) is 0 Å². The molecule has 8 heteroatoms. The Kier molecular flexibility index (Phi) is 5.21. The topological polar surface area (TPSA) is 80.8 Å². The van der Waals surface area contributed by atoms with Gasteiger partial charge in [-0.1, -0.05) is 44.5 Å². The van der Waals surface area contributed by atoms with E-state index in [0.717, 1.165) is 16.2 Å². The summed E-state index contributed by atoms with van der Waals surface area (Å²) in [5.74, 6) is -1.37. The van der Waals surface area contributed by atoms with Gasteiger partial charge in [-0.2, -0.15) is 0 Å². The molecule has 1 fully saturated rings. The van der Waals surface area contributed by atoms with Crippen LogP contribution in [0.2, 0.25) is 18.1 Å². The highest BCUT2D eigenvalue weighted by Crippen LogP contribution is 2.48. The minimum Gasteiger partial charge on any atom is -0.399 e. The van der Waals surface area contributed by atoms with E-state index in [4.69, 9.17) is 4.43 Å². The molecule has 3 aliphatic rings. The molecule has 1 aliphatic carbocycles. The zero-order valence-electron chi connectivity index (χ0n) is 17.8. The van der Waals surface area contributed by atoms with Crippen LogP contribution in [0.25, 0.3) is 0 Å². The summed E-state index contributed by atoms with van der Waals surface area (Å²) >= 11 is 0. The van der Waals surface area contributed by atoms with Crippen molar-refractivity contribution >= 4 is 30.5 Å². The lowest BCUT2D eigenvalue weighted by molar-refractivity contribution is -0.155. The fourth-order valence-corrected chi connectivity index (χ4v) is 6.65. The number of carbonyl (C=O) groups is 2. The first-order valence-electron chi connectivity index (χ1n) is 9.77. The lowest BCUT2D eigenvalue weighted by atomic mass is 9.74. The van der Waals surface area contributed by atoms with Crippen LogP contribution >= 0.6 is 0 Å². The van der Waals surface area contributed by atoms with Crippen molar-refractivity contribution in [1.29, 1.82) is 0 Å². The highest BCUT2D eigenvalue weighted by molar-refractivity contribution is 7.89. The van der Waals surface area contributed by atoms with Crippen molar-refractivity contribution in [2.24, 2.45) is 5.92 Å². The van der Waals surface area contributed by atoms with Crippen LogP contribution < -0.4 is 0 Å². The number of hydrogen-bond acceptors (Lipinski definition) is 5. The van der Waals surface area contributed by atoms with Gasteiger partial charge in [0.15, 0.2) is 13.9 Å². The van der Waals surface area contributed by atoms with Crippen LogP contribution in [0, 0.1) is 12.8 Å². The summed E-state index contributed by atoms with van der Waals surface area (Å²) in [6, 6.07) is 5.72. The Labute approximate surface area is 174 Å². The second kappa shape index (κ2) is 6.89. The summed E-state index contributed by atoms with van der Waals surface area (Å²) in [6.07, 6.45) is 4.27. The minimum absolute atomic E-state index is 0.0579. The fraction of sp³-hybridized carbons (Fsp3) is 0.524. The van der Waals surface area contributed by atoms with Gasteiger partial charge in [0, 0.05) is 0 Å². The monoisotopic (exact) mass is 435 g/mol. The van der Waals surface area contributed by atoms with E-state index in [2.05, 4.69) is 0 Å². The fourth-order valence-electron chi connectivity index (χ4n) is 3.61. The molecule has 0 radical (unpaired) electrons. The molecule has 29 heavy (non-hydrogen) atoms. The van der Waals surface area contributed by atoms with Gasteiger partial charge in [-0.25, -0.2) is 12.7 Å². The van der Waals surface area contributed by atoms with Crippen LogP contribution in [-0.2, 0) is 24.0 Å². The molecule has 0 saturated carbocycles. The van der Waals surface area contributed by atoms with Crippen LogP contribution in [0.4, 0.5) is 0 Å². The van der Waals surface area contributed by atoms with Crippen molar-refractivity contribution in [1.82, 2.24) is 4.31 Å². The van der Waals surface area contributed by atoms with Gasteiger partial charge in [-0.05, 0) is 49.7 Å². The second-order valence-electron chi connectivity index (χ2n) is 9.48. The van der Waals surface area contributed by atoms with Crippen molar-refractivity contribution in [2.75, 3.05) is 0 Å². The summed E-state index contributed by atoms with van der Waals surface area (Å²) in [5, 5.41) is -0.210. The second-order valence-corrected chi connectivity index (χ2v) is 16.0. The zero-order valence-corrected chi connectivity index (χ0v) is 19.6. The first-order valence-corrected chi connectivity index (χ1v) is 14.1. The largest absolute Gasteiger partial charge is 0.399 e. The molecule has 2 bridgehead atoms. The molecular formula is C21H29NO5SSi. The quantitative estimate of drug-likeness (QED) is 0.402. The van der Waals surface area contributed by atoms with E-state index in [1.165, 1.54) is 12.1 Å². The maximum atomic E-state index is 13.6. The number of fused-ring (bicyclic) bond motifs is 2. The van der Waals surface area contributed by atoms with E-state index in [1.807, 2.05) is 40.8 Å². The number of piperidine rings is 1. The van der Waals surface area contributed by atoms with Crippen LogP contribution in [-0.4, -0.2) is 44.9 Å². The number of rotatable bonds is 5. The molecule has 4 rings (SSSR count). The Bertz CT molecular complexity index is 962. The molecule has 0 N–H and O–H groups in total. The van der Waals surface area contributed by atoms with E-state index in [9.17, 15) is 18.0 Å². The lowest BCUT2D eigenvalue weighted by Gasteiger charge is -2.53. The van der Waals surface area contributed by atoms with E-state index in [1.54, 1.807) is 24.3 Å². The number of benzene rings is 1. The number of carbonyl (C=O) groups excluding carboxylic acids is 2. The Balaban J connectivity index is 2.09. The van der Waals surface area contributed by atoms with Crippen LogP contribution in [0.3, 0.4) is 0 Å². The normalized spacial score (nSPS) is 27.4. The molecule has 1 aromatic carbocycles. The molecule has 1 saturated heterocycles. The van der Waals surface area contributed by atoms with Crippen molar-refractivity contribution in [3.05, 3.63) is 42.0 Å². The highest BCUT2D eigenvalue weighted by Gasteiger charge is 2.61. The Morgan fingerprint density at radius 2 is 1.79 bits per heavy atom. The third-order valence-electron chi connectivity index (χ3n) is 6.42. The van der Waals surface area contributed by atoms with Crippen LogP contribution in [0.5, 0.6) is 0 Å². The maximum absolute atomic E-state index is 13.6. The molecule has 1 aromatic rings. The molecule has 6 nitrogen and oxygen atoms in total. The van der Waals surface area contributed by atoms with Crippen molar-refractivity contribution in [3.63, 3.8) is 0 Å². The molecule has 0 aromatic heterocycles. The summed E-state index contributed by atoms with van der Waals surface area (Å²) in [7, 11) is -6.56. The smallest absolute Gasteiger partial charge is 0.272 e. The van der Waals surface area contributed by atoms with Crippen LogP contribution in [0.1, 0.15) is 32.8 Å². The Hall–Kier alpha value is -1.77. The standard InChI is InChI=1S/C21H29NO5SSi/c1-15-7-9-18(10-8-15)28(25,26)22-17-11-12-21(19(22)24,16(13-17)14-23)27-29(5,6)20(2,3)4/h7-12,14,16-17H,13H2,1-6H3/t16-,17-,21-/m0/s1. The van der Waals surface area contributed by atoms with Gasteiger partial charge in [-0.3, -0.25) is 4.79 Å². The first kappa shape index (κ1) is 21.9. The van der Waals surface area contributed by atoms with E-state index < -0.39 is 41.8 Å². The highest BCUT2D eigenvalue weighted by atomic mass is 32.2. The zero-order chi connectivity index (χ0) is 21.8. The first-order chi connectivity index (χ1) is 13.3. The molecule has 3 atom stereocenters. The molecular weight excluding hydrogens is 406 g/mol. The summed E-state index contributed by atoms with van der Waals surface area (Å²) in [5.41, 5.74) is -0.647. The van der Waals surface area contributed by atoms with Gasteiger partial charge in [0.25, 0.3) is 15.9 Å². The molecule has 0 spiro atoms. The molecule has 0 unspecified atom stereocenters. The Morgan fingerprint density at radius 3 is 2.31 bits per heavy atom. The average Bonchev–Trinajstić information content (AvgIpc) is 2.61. The number of nitrogens with zero attached hydrogens (tertiary/aromatic N) is 1. The predicted octanol–water partition coefficient (Wildman–Crippen LogP) is 3.43. The molecule has 158 valence electrons. The van der Waals surface area contributed by atoms with Gasteiger partial charge >= 0.3 is 0 Å². The maximum Gasteiger partial charge on any atom is 0.272 e.